The smallest absolute Gasteiger partial charge is 0.156 e. The number of amidine groups is 1. The molecule has 1 heterocycles. The molecule has 0 saturated carbocycles. The van der Waals surface area contributed by atoms with E-state index in [0.29, 0.717) is 11.4 Å². The Morgan fingerprint density at radius 2 is 2.31 bits per heavy atom. The molecule has 0 aliphatic carbocycles. The lowest BCUT2D eigenvalue weighted by Gasteiger charge is -2.08. The van der Waals surface area contributed by atoms with E-state index in [4.69, 9.17) is 4.74 Å². The van der Waals surface area contributed by atoms with E-state index in [9.17, 15) is 0 Å². The second-order valence-corrected chi connectivity index (χ2v) is 5.64. The van der Waals surface area contributed by atoms with Crippen LogP contribution in [0.3, 0.4) is 0 Å². The van der Waals surface area contributed by atoms with Crippen molar-refractivity contribution in [2.75, 3.05) is 19.7 Å². The number of hydrogen-bond donors (Lipinski definition) is 1. The highest BCUT2D eigenvalue weighted by atomic mass is 32.2. The molecule has 0 radical (unpaired) electrons. The molecule has 3 nitrogen and oxygen atoms in total. The van der Waals surface area contributed by atoms with Crippen molar-refractivity contribution in [2.45, 2.75) is 51.4 Å². The molecule has 1 atom stereocenters. The Kier molecular flexibility index (Phi) is 6.88. The standard InChI is InChI=1S/C12H24N2OS/c1-4-11-9-14-12(16-11)13-7-5-6-8-15-10(2)3/h10-11H,4-9H2,1-3H3,(H,13,14). The molecule has 0 fully saturated rings. The van der Waals surface area contributed by atoms with Crippen molar-refractivity contribution in [1.82, 2.24) is 5.32 Å². The summed E-state index contributed by atoms with van der Waals surface area (Å²) < 4.78 is 5.49. The number of hydrogen-bond acceptors (Lipinski definition) is 4. The summed E-state index contributed by atoms with van der Waals surface area (Å²) in [7, 11) is 0. The van der Waals surface area contributed by atoms with E-state index in [2.05, 4.69) is 31.1 Å². The minimum Gasteiger partial charge on any atom is -0.379 e. The van der Waals surface area contributed by atoms with Gasteiger partial charge in [0.1, 0.15) is 0 Å². The summed E-state index contributed by atoms with van der Waals surface area (Å²) in [6.45, 7) is 9.25. The first-order valence-corrected chi connectivity index (χ1v) is 7.17. The largest absolute Gasteiger partial charge is 0.379 e. The molecule has 0 bridgehead atoms. The highest BCUT2D eigenvalue weighted by molar-refractivity contribution is 8.14. The first-order valence-electron chi connectivity index (χ1n) is 6.29. The average molecular weight is 244 g/mol. The molecule has 1 N–H and O–H groups in total. The molecule has 1 aliphatic heterocycles. The molecule has 0 aromatic carbocycles. The van der Waals surface area contributed by atoms with E-state index < -0.39 is 0 Å². The molecule has 0 aromatic rings. The number of unbranched alkanes of at least 4 members (excludes halogenated alkanes) is 1. The van der Waals surface area contributed by atoms with E-state index in [1.807, 2.05) is 11.8 Å². The van der Waals surface area contributed by atoms with E-state index in [0.717, 1.165) is 37.7 Å². The van der Waals surface area contributed by atoms with Gasteiger partial charge in [-0.15, -0.1) is 0 Å². The maximum absolute atomic E-state index is 5.49. The molecular weight excluding hydrogens is 220 g/mol. The van der Waals surface area contributed by atoms with Crippen LogP contribution in [0.25, 0.3) is 0 Å². The van der Waals surface area contributed by atoms with Gasteiger partial charge in [0.25, 0.3) is 0 Å². The van der Waals surface area contributed by atoms with Gasteiger partial charge in [-0.05, 0) is 33.1 Å². The zero-order chi connectivity index (χ0) is 11.8. The van der Waals surface area contributed by atoms with Crippen LogP contribution >= 0.6 is 11.8 Å². The monoisotopic (exact) mass is 244 g/mol. The summed E-state index contributed by atoms with van der Waals surface area (Å²) in [5, 5.41) is 5.23. The molecule has 0 saturated heterocycles. The highest BCUT2D eigenvalue weighted by Gasteiger charge is 2.16. The molecule has 0 aromatic heterocycles. The first kappa shape index (κ1) is 13.8. The third-order valence-electron chi connectivity index (χ3n) is 2.47. The maximum Gasteiger partial charge on any atom is 0.156 e. The second kappa shape index (κ2) is 7.96. The van der Waals surface area contributed by atoms with Crippen molar-refractivity contribution in [2.24, 2.45) is 4.99 Å². The number of nitrogens with zero attached hydrogens (tertiary/aromatic N) is 1. The van der Waals surface area contributed by atoms with Gasteiger partial charge in [0.05, 0.1) is 12.6 Å². The Labute approximate surface area is 103 Å². The molecular formula is C12H24N2OS. The van der Waals surface area contributed by atoms with Crippen LogP contribution in [0, 0.1) is 0 Å². The van der Waals surface area contributed by atoms with Crippen LogP contribution in [-0.4, -0.2) is 36.2 Å². The number of aliphatic imine (C=N–C) groups is 1. The summed E-state index contributed by atoms with van der Waals surface area (Å²) in [4.78, 5) is 4.47. The summed E-state index contributed by atoms with van der Waals surface area (Å²) in [6, 6.07) is 0. The zero-order valence-electron chi connectivity index (χ0n) is 10.7. The molecule has 1 rings (SSSR count). The summed E-state index contributed by atoms with van der Waals surface area (Å²) in [5.41, 5.74) is 0. The van der Waals surface area contributed by atoms with Crippen LogP contribution in [0.15, 0.2) is 4.99 Å². The highest BCUT2D eigenvalue weighted by Crippen LogP contribution is 2.21. The quantitative estimate of drug-likeness (QED) is 0.699. The van der Waals surface area contributed by atoms with Crippen molar-refractivity contribution in [3.63, 3.8) is 0 Å². The number of nitrogens with one attached hydrogen (secondary N) is 1. The third kappa shape index (κ3) is 5.75. The Morgan fingerprint density at radius 3 is 2.94 bits per heavy atom. The normalized spacial score (nSPS) is 20.2. The van der Waals surface area contributed by atoms with Gasteiger partial charge >= 0.3 is 0 Å². The van der Waals surface area contributed by atoms with Gasteiger partial charge in [-0.3, -0.25) is 4.99 Å². The molecule has 4 heteroatoms. The van der Waals surface area contributed by atoms with Gasteiger partial charge in [0.2, 0.25) is 0 Å². The van der Waals surface area contributed by atoms with Crippen LogP contribution in [-0.2, 0) is 4.74 Å². The van der Waals surface area contributed by atoms with Crippen LogP contribution in [0.5, 0.6) is 0 Å². The lowest BCUT2D eigenvalue weighted by Crippen LogP contribution is -2.21. The Morgan fingerprint density at radius 1 is 1.50 bits per heavy atom. The van der Waals surface area contributed by atoms with Crippen molar-refractivity contribution < 1.29 is 4.74 Å². The first-order chi connectivity index (χ1) is 7.72. The van der Waals surface area contributed by atoms with Crippen molar-refractivity contribution in [3.05, 3.63) is 0 Å². The summed E-state index contributed by atoms with van der Waals surface area (Å²) >= 11 is 1.89. The van der Waals surface area contributed by atoms with Crippen molar-refractivity contribution >= 4 is 16.9 Å². The molecule has 16 heavy (non-hydrogen) atoms. The number of thioether (sulfide) groups is 1. The molecule has 1 unspecified atom stereocenters. The van der Waals surface area contributed by atoms with E-state index in [-0.39, 0.29) is 0 Å². The summed E-state index contributed by atoms with van der Waals surface area (Å²) in [6.07, 6.45) is 3.85. The predicted molar refractivity (Wildman–Crippen MR) is 72.3 cm³/mol. The van der Waals surface area contributed by atoms with Crippen molar-refractivity contribution in [1.29, 1.82) is 0 Å². The SMILES string of the molecule is CCC1CN=C(NCCCCOC(C)C)S1. The van der Waals surface area contributed by atoms with E-state index >= 15 is 0 Å². The topological polar surface area (TPSA) is 33.6 Å². The molecule has 1 aliphatic rings. The van der Waals surface area contributed by atoms with Crippen molar-refractivity contribution in [3.8, 4) is 0 Å². The minimum absolute atomic E-state index is 0.355. The van der Waals surface area contributed by atoms with E-state index in [1.165, 1.54) is 6.42 Å². The van der Waals surface area contributed by atoms with Gasteiger partial charge in [-0.2, -0.15) is 0 Å². The van der Waals surface area contributed by atoms with Crippen LogP contribution in [0.2, 0.25) is 0 Å². The van der Waals surface area contributed by atoms with Crippen LogP contribution in [0.1, 0.15) is 40.0 Å². The maximum atomic E-state index is 5.49. The van der Waals surface area contributed by atoms with E-state index in [1.54, 1.807) is 0 Å². The number of ether oxygens (including phenoxy) is 1. The fourth-order valence-electron chi connectivity index (χ4n) is 1.47. The lowest BCUT2D eigenvalue weighted by molar-refractivity contribution is 0.0762. The Hall–Kier alpha value is -0.220. The minimum atomic E-state index is 0.355. The predicted octanol–water partition coefficient (Wildman–Crippen LogP) is 2.66. The van der Waals surface area contributed by atoms with Gasteiger partial charge in [-0.1, -0.05) is 18.7 Å². The van der Waals surface area contributed by atoms with Gasteiger partial charge in [0, 0.05) is 18.4 Å². The van der Waals surface area contributed by atoms with Crippen LogP contribution in [0.4, 0.5) is 0 Å². The Bertz CT molecular complexity index is 219. The van der Waals surface area contributed by atoms with Crippen LogP contribution < -0.4 is 5.32 Å². The van der Waals surface area contributed by atoms with Gasteiger partial charge < -0.3 is 10.1 Å². The summed E-state index contributed by atoms with van der Waals surface area (Å²) in [5.74, 6) is 0. The number of rotatable bonds is 7. The third-order valence-corrected chi connectivity index (χ3v) is 3.78. The molecule has 0 spiro atoms. The fourth-order valence-corrected chi connectivity index (χ4v) is 2.43. The van der Waals surface area contributed by atoms with Gasteiger partial charge in [0.15, 0.2) is 5.17 Å². The molecule has 94 valence electrons. The second-order valence-electron chi connectivity index (χ2n) is 4.35. The zero-order valence-corrected chi connectivity index (χ0v) is 11.5. The lowest BCUT2D eigenvalue weighted by atomic mass is 10.3. The fraction of sp³-hybridized carbons (Fsp3) is 0.917. The average Bonchev–Trinajstić information content (AvgIpc) is 2.70. The van der Waals surface area contributed by atoms with Gasteiger partial charge in [-0.25, -0.2) is 0 Å². The molecule has 0 amide bonds. The Balaban J connectivity index is 1.92.